The summed E-state index contributed by atoms with van der Waals surface area (Å²) in [7, 11) is 0. The van der Waals surface area contributed by atoms with E-state index < -0.39 is 5.97 Å². The molecule has 0 spiro atoms. The second-order valence-corrected chi connectivity index (χ2v) is 8.26. The zero-order valence-electron chi connectivity index (χ0n) is 16.3. The highest BCUT2D eigenvalue weighted by atomic mass is 16.7. The van der Waals surface area contributed by atoms with Gasteiger partial charge >= 0.3 is 5.97 Å². The van der Waals surface area contributed by atoms with E-state index in [1.165, 1.54) is 32.1 Å². The molecule has 142 valence electrons. The summed E-state index contributed by atoms with van der Waals surface area (Å²) in [6, 6.07) is 0. The molecule has 0 aromatic heterocycles. The van der Waals surface area contributed by atoms with Crippen LogP contribution in [0.5, 0.6) is 0 Å². The number of carboxylic acids is 1. The Morgan fingerprint density at radius 3 is 2.12 bits per heavy atom. The molecule has 0 radical (unpaired) electrons. The number of aliphatic carboxylic acids is 1. The van der Waals surface area contributed by atoms with Gasteiger partial charge in [0.1, 0.15) is 6.61 Å². The van der Waals surface area contributed by atoms with Gasteiger partial charge in [0.05, 0.1) is 12.7 Å². The second kappa shape index (κ2) is 9.73. The van der Waals surface area contributed by atoms with Gasteiger partial charge in [-0.15, -0.1) is 0 Å². The number of hydrogen-bond donors (Lipinski definition) is 1. The minimum atomic E-state index is -0.910. The van der Waals surface area contributed by atoms with E-state index in [-0.39, 0.29) is 23.8 Å². The first-order valence-electron chi connectivity index (χ1n) is 9.45. The van der Waals surface area contributed by atoms with Crippen molar-refractivity contribution in [3.05, 3.63) is 0 Å². The third kappa shape index (κ3) is 7.08. The Bertz CT molecular complexity index is 364. The Kier molecular flexibility index (Phi) is 8.68. The summed E-state index contributed by atoms with van der Waals surface area (Å²) in [6.45, 7) is 11.3. The molecule has 24 heavy (non-hydrogen) atoms. The number of nitrogens with zero attached hydrogens (tertiary/aromatic N) is 1. The van der Waals surface area contributed by atoms with Gasteiger partial charge in [-0.1, -0.05) is 39.0 Å². The summed E-state index contributed by atoms with van der Waals surface area (Å²) in [5, 5.41) is 10.9. The van der Waals surface area contributed by atoms with E-state index in [0.29, 0.717) is 0 Å². The number of ether oxygens (including phenoxy) is 1. The van der Waals surface area contributed by atoms with Gasteiger partial charge in [-0.25, -0.2) is 4.79 Å². The first kappa shape index (κ1) is 21.4. The molecule has 1 heterocycles. The number of unbranched alkanes of at least 4 members (excludes halogenated alkanes) is 5. The summed E-state index contributed by atoms with van der Waals surface area (Å²) in [6.07, 6.45) is 9.03. The quantitative estimate of drug-likeness (QED) is 0.563. The van der Waals surface area contributed by atoms with Crippen LogP contribution >= 0.6 is 0 Å². The van der Waals surface area contributed by atoms with E-state index in [0.717, 1.165) is 25.9 Å². The van der Waals surface area contributed by atoms with E-state index in [1.807, 2.05) is 0 Å². The normalized spacial score (nSPS) is 21.0. The predicted octanol–water partition coefficient (Wildman–Crippen LogP) is 4.40. The average molecular weight is 344 g/mol. The molecular formula is C19H37NO4. The molecule has 5 heteroatoms. The Morgan fingerprint density at radius 2 is 1.58 bits per heavy atom. The van der Waals surface area contributed by atoms with Crippen molar-refractivity contribution >= 4 is 5.97 Å². The number of rotatable bonds is 11. The van der Waals surface area contributed by atoms with Crippen molar-refractivity contribution in [1.29, 1.82) is 0 Å². The maximum atomic E-state index is 10.7. The van der Waals surface area contributed by atoms with Crippen LogP contribution in [0.1, 0.15) is 86.0 Å². The zero-order chi connectivity index (χ0) is 18.2. The van der Waals surface area contributed by atoms with Gasteiger partial charge in [-0.2, -0.15) is 5.06 Å². The average Bonchev–Trinajstić information content (AvgIpc) is 2.45. The maximum Gasteiger partial charge on any atom is 0.329 e. The highest BCUT2D eigenvalue weighted by Gasteiger charge is 2.47. The van der Waals surface area contributed by atoms with Crippen molar-refractivity contribution in [2.24, 2.45) is 0 Å². The van der Waals surface area contributed by atoms with Crippen LogP contribution in [0.15, 0.2) is 0 Å². The van der Waals surface area contributed by atoms with E-state index in [2.05, 4.69) is 39.7 Å². The van der Waals surface area contributed by atoms with Gasteiger partial charge in [0.2, 0.25) is 0 Å². The van der Waals surface area contributed by atoms with Crippen molar-refractivity contribution in [3.8, 4) is 0 Å². The smallest absolute Gasteiger partial charge is 0.329 e. The Morgan fingerprint density at radius 1 is 1.04 bits per heavy atom. The van der Waals surface area contributed by atoms with Gasteiger partial charge in [0.25, 0.3) is 0 Å². The monoisotopic (exact) mass is 343 g/mol. The molecule has 0 aliphatic carbocycles. The summed E-state index contributed by atoms with van der Waals surface area (Å²) in [5.41, 5.74) is -0.347. The molecule has 1 aliphatic heterocycles. The van der Waals surface area contributed by atoms with Crippen LogP contribution < -0.4 is 0 Å². The molecule has 1 rings (SSSR count). The number of piperidine rings is 1. The van der Waals surface area contributed by atoms with E-state index in [4.69, 9.17) is 14.7 Å². The number of hydrogen-bond acceptors (Lipinski definition) is 4. The first-order valence-corrected chi connectivity index (χ1v) is 9.45. The fourth-order valence-corrected chi connectivity index (χ4v) is 3.87. The predicted molar refractivity (Wildman–Crippen MR) is 95.9 cm³/mol. The van der Waals surface area contributed by atoms with E-state index in [9.17, 15) is 4.79 Å². The zero-order valence-corrected chi connectivity index (χ0v) is 16.3. The van der Waals surface area contributed by atoms with Crippen LogP contribution in [0.25, 0.3) is 0 Å². The Labute approximate surface area is 147 Å². The fourth-order valence-electron chi connectivity index (χ4n) is 3.87. The lowest BCUT2D eigenvalue weighted by atomic mass is 9.80. The molecule has 0 unspecified atom stereocenters. The largest absolute Gasteiger partial charge is 0.480 e. The molecule has 0 atom stereocenters. The molecule has 0 bridgehead atoms. The molecule has 1 N–H and O–H groups in total. The summed E-state index contributed by atoms with van der Waals surface area (Å²) < 4.78 is 5.56. The van der Waals surface area contributed by atoms with Crippen LogP contribution in [-0.2, 0) is 14.4 Å². The van der Waals surface area contributed by atoms with Crippen LogP contribution in [0, 0.1) is 0 Å². The third-order valence-corrected chi connectivity index (χ3v) is 4.71. The molecule has 0 amide bonds. The molecule has 1 saturated heterocycles. The van der Waals surface area contributed by atoms with Crippen LogP contribution in [0.3, 0.4) is 0 Å². The molecule has 1 fully saturated rings. The number of hydroxylamine groups is 2. The third-order valence-electron chi connectivity index (χ3n) is 4.71. The van der Waals surface area contributed by atoms with E-state index in [1.54, 1.807) is 0 Å². The van der Waals surface area contributed by atoms with Gasteiger partial charge in [0, 0.05) is 11.1 Å². The lowest BCUT2D eigenvalue weighted by molar-refractivity contribution is -0.295. The minimum absolute atomic E-state index is 0.0417. The van der Waals surface area contributed by atoms with Gasteiger partial charge in [-0.3, -0.25) is 4.84 Å². The van der Waals surface area contributed by atoms with Crippen LogP contribution in [0.2, 0.25) is 0 Å². The van der Waals surface area contributed by atoms with Gasteiger partial charge < -0.3 is 9.84 Å². The summed E-state index contributed by atoms with van der Waals surface area (Å²) in [5.74, 6) is -0.910. The fraction of sp³-hybridized carbons (Fsp3) is 0.947. The van der Waals surface area contributed by atoms with Gasteiger partial charge in [-0.05, 0) is 47.0 Å². The van der Waals surface area contributed by atoms with Crippen molar-refractivity contribution in [2.75, 3.05) is 13.2 Å². The van der Waals surface area contributed by atoms with Crippen molar-refractivity contribution in [2.45, 2.75) is 103 Å². The Balaban J connectivity index is 2.44. The van der Waals surface area contributed by atoms with Crippen LogP contribution in [0.4, 0.5) is 0 Å². The standard InChI is InChI=1S/C19H37NO4/c1-6-7-8-9-10-11-12-24-20-18(2,3)13-16(14-19(20,4)5)23-15-17(21)22/h16H,6-15H2,1-5H3,(H,21,22). The highest BCUT2D eigenvalue weighted by molar-refractivity contribution is 5.68. The number of carboxylic acid groups (broad SMARTS) is 1. The Hall–Kier alpha value is -0.650. The van der Waals surface area contributed by atoms with Crippen molar-refractivity contribution in [3.63, 3.8) is 0 Å². The lowest BCUT2D eigenvalue weighted by Crippen LogP contribution is -2.62. The first-order chi connectivity index (χ1) is 11.2. The molecule has 0 aromatic rings. The highest BCUT2D eigenvalue weighted by Crippen LogP contribution is 2.39. The molecule has 1 aliphatic rings. The second-order valence-electron chi connectivity index (χ2n) is 8.26. The molecule has 0 aromatic carbocycles. The minimum Gasteiger partial charge on any atom is -0.480 e. The van der Waals surface area contributed by atoms with Gasteiger partial charge in [0.15, 0.2) is 0 Å². The molecule has 0 saturated carbocycles. The van der Waals surface area contributed by atoms with Crippen molar-refractivity contribution < 1.29 is 19.5 Å². The van der Waals surface area contributed by atoms with E-state index >= 15 is 0 Å². The van der Waals surface area contributed by atoms with Crippen molar-refractivity contribution in [1.82, 2.24) is 5.06 Å². The van der Waals surface area contributed by atoms with Crippen LogP contribution in [-0.4, -0.2) is 46.5 Å². The number of carbonyl (C=O) groups is 1. The molecular weight excluding hydrogens is 306 g/mol. The molecule has 5 nitrogen and oxygen atoms in total. The SMILES string of the molecule is CCCCCCCCON1C(C)(C)CC(OCC(=O)O)CC1(C)C. The summed E-state index contributed by atoms with van der Waals surface area (Å²) in [4.78, 5) is 16.9. The summed E-state index contributed by atoms with van der Waals surface area (Å²) >= 11 is 0. The lowest BCUT2D eigenvalue weighted by Gasteiger charge is -2.53. The topological polar surface area (TPSA) is 59.0 Å². The maximum absolute atomic E-state index is 10.7.